The SMILES string of the molecule is O=C1C=CC(=O)N1CCCCO/N=C\c1ccc([18F])cc1. The van der Waals surface area contributed by atoms with Gasteiger partial charge in [0.25, 0.3) is 11.8 Å². The first-order valence-electron chi connectivity index (χ1n) is 6.61. The van der Waals surface area contributed by atoms with Crippen LogP contribution in [-0.2, 0) is 14.4 Å². The number of amides is 2. The van der Waals surface area contributed by atoms with Crippen molar-refractivity contribution in [2.45, 2.75) is 12.8 Å². The topological polar surface area (TPSA) is 59.0 Å². The molecule has 1 aromatic rings. The number of nitrogens with zero attached hydrogens (tertiary/aromatic N) is 2. The molecule has 6 heteroatoms. The van der Waals surface area contributed by atoms with Crippen LogP contribution in [0, 0.1) is 5.82 Å². The van der Waals surface area contributed by atoms with Gasteiger partial charge in [-0.3, -0.25) is 14.5 Å². The number of benzene rings is 1. The molecule has 1 heterocycles. The number of hydrogen-bond acceptors (Lipinski definition) is 4. The van der Waals surface area contributed by atoms with E-state index in [0.29, 0.717) is 26.0 Å². The lowest BCUT2D eigenvalue weighted by atomic mass is 10.2. The van der Waals surface area contributed by atoms with Crippen molar-refractivity contribution in [2.24, 2.45) is 5.16 Å². The average Bonchev–Trinajstić information content (AvgIpc) is 2.79. The summed E-state index contributed by atoms with van der Waals surface area (Å²) in [6, 6.07) is 5.89. The molecule has 0 N–H and O–H groups in total. The van der Waals surface area contributed by atoms with Crippen LogP contribution in [0.4, 0.5) is 4.39 Å². The molecule has 0 radical (unpaired) electrons. The number of carbonyl (C=O) groups excluding carboxylic acids is 2. The summed E-state index contributed by atoms with van der Waals surface area (Å²) in [5, 5.41) is 3.76. The number of hydrogen-bond donors (Lipinski definition) is 0. The summed E-state index contributed by atoms with van der Waals surface area (Å²) in [7, 11) is 0. The Morgan fingerprint density at radius 1 is 1.10 bits per heavy atom. The molecular weight excluding hydrogens is 274 g/mol. The lowest BCUT2D eigenvalue weighted by molar-refractivity contribution is -0.136. The van der Waals surface area contributed by atoms with Gasteiger partial charge in [-0.2, -0.15) is 0 Å². The molecule has 21 heavy (non-hydrogen) atoms. The fourth-order valence-electron chi connectivity index (χ4n) is 1.79. The van der Waals surface area contributed by atoms with Crippen LogP contribution in [0.25, 0.3) is 0 Å². The molecule has 1 aromatic carbocycles. The summed E-state index contributed by atoms with van der Waals surface area (Å²) >= 11 is 0. The minimum atomic E-state index is -0.298. The van der Waals surface area contributed by atoms with E-state index < -0.39 is 0 Å². The predicted octanol–water partition coefficient (Wildman–Crippen LogP) is 1.88. The van der Waals surface area contributed by atoms with Crippen LogP contribution in [-0.4, -0.2) is 36.1 Å². The fraction of sp³-hybridized carbons (Fsp3) is 0.267. The molecule has 0 bridgehead atoms. The smallest absolute Gasteiger partial charge is 0.253 e. The largest absolute Gasteiger partial charge is 0.396 e. The Kier molecular flexibility index (Phi) is 5.20. The Hall–Kier alpha value is -2.50. The van der Waals surface area contributed by atoms with Crippen LogP contribution in [0.1, 0.15) is 18.4 Å². The van der Waals surface area contributed by atoms with Crippen LogP contribution in [0.15, 0.2) is 41.6 Å². The van der Waals surface area contributed by atoms with Gasteiger partial charge in [-0.25, -0.2) is 4.39 Å². The first kappa shape index (κ1) is 14.9. The van der Waals surface area contributed by atoms with E-state index >= 15 is 0 Å². The van der Waals surface area contributed by atoms with Crippen LogP contribution >= 0.6 is 0 Å². The van der Waals surface area contributed by atoms with Gasteiger partial charge in [0.1, 0.15) is 12.4 Å². The van der Waals surface area contributed by atoms with Crippen molar-refractivity contribution < 1.29 is 18.8 Å². The molecule has 0 saturated carbocycles. The number of carbonyl (C=O) groups is 2. The van der Waals surface area contributed by atoms with Gasteiger partial charge in [0.05, 0.1) is 6.21 Å². The van der Waals surface area contributed by atoms with Gasteiger partial charge in [-0.15, -0.1) is 0 Å². The maximum Gasteiger partial charge on any atom is 0.253 e. The molecule has 5 nitrogen and oxygen atoms in total. The van der Waals surface area contributed by atoms with Gasteiger partial charge in [0, 0.05) is 18.7 Å². The quantitative estimate of drug-likeness (QED) is 0.333. The second kappa shape index (κ2) is 7.33. The first-order chi connectivity index (χ1) is 10.2. The third-order valence-corrected chi connectivity index (χ3v) is 2.91. The number of halogens is 1. The molecule has 0 atom stereocenters. The number of rotatable bonds is 7. The Balaban J connectivity index is 1.59. The summed E-state index contributed by atoms with van der Waals surface area (Å²) in [6.45, 7) is 0.775. The standard InChI is InChI=1S/C15H15FN2O3/c16-13-5-3-12(4-6-13)11-17-21-10-2-1-9-18-14(19)7-8-15(18)20/h3-8,11H,1-2,9-10H2/b17-11-/i16-1. The number of oxime groups is 1. The maximum atomic E-state index is 12.7. The minimum absolute atomic E-state index is 0.268. The third kappa shape index (κ3) is 4.52. The van der Waals surface area contributed by atoms with Gasteiger partial charge < -0.3 is 4.84 Å². The lowest BCUT2D eigenvalue weighted by Crippen LogP contribution is -2.30. The lowest BCUT2D eigenvalue weighted by Gasteiger charge is -2.12. The van der Waals surface area contributed by atoms with Crippen molar-refractivity contribution in [1.29, 1.82) is 0 Å². The van der Waals surface area contributed by atoms with Gasteiger partial charge in [0.2, 0.25) is 0 Å². The highest BCUT2D eigenvalue weighted by Crippen LogP contribution is 2.05. The van der Waals surface area contributed by atoms with E-state index in [-0.39, 0.29) is 17.6 Å². The van der Waals surface area contributed by atoms with Crippen LogP contribution in [0.2, 0.25) is 0 Å². The second-order valence-electron chi connectivity index (χ2n) is 4.49. The molecular formula is C15H15FN2O3. The van der Waals surface area contributed by atoms with E-state index in [4.69, 9.17) is 4.84 Å². The molecule has 2 rings (SSSR count). The normalized spacial score (nSPS) is 14.4. The van der Waals surface area contributed by atoms with Crippen molar-refractivity contribution in [1.82, 2.24) is 4.90 Å². The fourth-order valence-corrected chi connectivity index (χ4v) is 1.79. The van der Waals surface area contributed by atoms with E-state index in [1.807, 2.05) is 0 Å². The average molecular weight is 289 g/mol. The van der Waals surface area contributed by atoms with Gasteiger partial charge in [-0.05, 0) is 30.5 Å². The molecule has 0 aromatic heterocycles. The summed E-state index contributed by atoms with van der Waals surface area (Å²) in [5.41, 5.74) is 0.746. The van der Waals surface area contributed by atoms with Crippen molar-refractivity contribution in [3.63, 3.8) is 0 Å². The van der Waals surface area contributed by atoms with Crippen molar-refractivity contribution in [3.8, 4) is 0 Å². The zero-order valence-corrected chi connectivity index (χ0v) is 11.4. The first-order valence-corrected chi connectivity index (χ1v) is 6.61. The predicted molar refractivity (Wildman–Crippen MR) is 75.0 cm³/mol. The molecule has 2 amide bonds. The van der Waals surface area contributed by atoms with Crippen LogP contribution in [0.3, 0.4) is 0 Å². The van der Waals surface area contributed by atoms with Gasteiger partial charge in [-0.1, -0.05) is 17.3 Å². The van der Waals surface area contributed by atoms with E-state index in [1.54, 1.807) is 12.1 Å². The second-order valence-corrected chi connectivity index (χ2v) is 4.49. The molecule has 0 spiro atoms. The number of unbranched alkanes of at least 4 members (excludes halogenated alkanes) is 1. The highest BCUT2D eigenvalue weighted by molar-refractivity contribution is 6.12. The molecule has 1 aliphatic rings. The molecule has 0 saturated heterocycles. The Bertz CT molecular complexity index is 549. The summed E-state index contributed by atoms with van der Waals surface area (Å²) < 4.78 is 12.7. The van der Waals surface area contributed by atoms with E-state index in [0.717, 1.165) is 5.56 Å². The summed E-state index contributed by atoms with van der Waals surface area (Å²) in [6.07, 6.45) is 5.37. The highest BCUT2D eigenvalue weighted by Gasteiger charge is 2.22. The Morgan fingerprint density at radius 2 is 1.76 bits per heavy atom. The minimum Gasteiger partial charge on any atom is -0.396 e. The van der Waals surface area contributed by atoms with Crippen molar-refractivity contribution in [2.75, 3.05) is 13.2 Å². The molecule has 0 fully saturated rings. The molecule has 0 unspecified atom stereocenters. The van der Waals surface area contributed by atoms with Crippen LogP contribution in [0.5, 0.6) is 0 Å². The summed E-state index contributed by atoms with van der Waals surface area (Å²) in [5.74, 6) is -0.834. The summed E-state index contributed by atoms with van der Waals surface area (Å²) in [4.78, 5) is 28.8. The zero-order chi connectivity index (χ0) is 15.1. The monoisotopic (exact) mass is 289 g/mol. The highest BCUT2D eigenvalue weighted by atomic mass is 18.2. The van der Waals surface area contributed by atoms with Gasteiger partial charge in [0.15, 0.2) is 0 Å². The van der Waals surface area contributed by atoms with E-state index in [2.05, 4.69) is 5.16 Å². The van der Waals surface area contributed by atoms with Crippen LogP contribution < -0.4 is 0 Å². The third-order valence-electron chi connectivity index (χ3n) is 2.91. The Labute approximate surface area is 121 Å². The Morgan fingerprint density at radius 3 is 2.43 bits per heavy atom. The number of imide groups is 1. The maximum absolute atomic E-state index is 12.7. The van der Waals surface area contributed by atoms with Crippen molar-refractivity contribution >= 4 is 18.0 Å². The van der Waals surface area contributed by atoms with Gasteiger partial charge >= 0.3 is 0 Å². The molecule has 1 aliphatic heterocycles. The molecule has 110 valence electrons. The van der Waals surface area contributed by atoms with E-state index in [9.17, 15) is 14.0 Å². The van der Waals surface area contributed by atoms with E-state index in [1.165, 1.54) is 35.4 Å². The molecule has 0 aliphatic carbocycles. The zero-order valence-electron chi connectivity index (χ0n) is 11.4. The van der Waals surface area contributed by atoms with Crippen molar-refractivity contribution in [3.05, 3.63) is 47.8 Å².